The van der Waals surface area contributed by atoms with Crippen LogP contribution in [0.5, 0.6) is 0 Å². The summed E-state index contributed by atoms with van der Waals surface area (Å²) < 4.78 is 2.27. The summed E-state index contributed by atoms with van der Waals surface area (Å²) in [6.07, 6.45) is 2.86. The van der Waals surface area contributed by atoms with Gasteiger partial charge in [-0.1, -0.05) is 11.6 Å². The third kappa shape index (κ3) is 2.82. The van der Waals surface area contributed by atoms with E-state index in [-0.39, 0.29) is 12.3 Å². The fourth-order valence-electron chi connectivity index (χ4n) is 1.60. The van der Waals surface area contributed by atoms with Gasteiger partial charge in [0.1, 0.15) is 0 Å². The lowest BCUT2D eigenvalue weighted by molar-refractivity contribution is 0.0970. The summed E-state index contributed by atoms with van der Waals surface area (Å²) in [7, 11) is 1.48. The molecule has 0 aliphatic carbocycles. The van der Waals surface area contributed by atoms with Crippen molar-refractivity contribution in [1.29, 1.82) is 0 Å². The summed E-state index contributed by atoms with van der Waals surface area (Å²) in [6, 6.07) is 6.36. The minimum atomic E-state index is -0.715. The Morgan fingerprint density at radius 2 is 1.74 bits per heavy atom. The molecule has 0 radical (unpaired) electrons. The van der Waals surface area contributed by atoms with Gasteiger partial charge in [-0.15, -0.1) is 0 Å². The molecule has 1 aromatic carbocycles. The number of rotatable bonds is 3. The predicted octanol–water partition coefficient (Wildman–Crippen LogP) is 1.08. The molecule has 0 aliphatic heterocycles. The molecule has 0 saturated heterocycles. The van der Waals surface area contributed by atoms with Gasteiger partial charge in [0.15, 0.2) is 5.78 Å². The Bertz CT molecular complexity index is 729. The topological polar surface area (TPSA) is 61.1 Å². The first kappa shape index (κ1) is 13.3. The van der Waals surface area contributed by atoms with Crippen LogP contribution in [0.15, 0.2) is 46.2 Å². The van der Waals surface area contributed by atoms with Crippen molar-refractivity contribution >= 4 is 17.4 Å². The zero-order chi connectivity index (χ0) is 14.0. The molecule has 2 aromatic rings. The molecule has 0 amide bonds. The van der Waals surface area contributed by atoms with Crippen molar-refractivity contribution in [2.45, 2.75) is 6.54 Å². The molecule has 0 spiro atoms. The highest BCUT2D eigenvalue weighted by Gasteiger charge is 2.09. The van der Waals surface area contributed by atoms with Gasteiger partial charge in [0.05, 0.1) is 6.54 Å². The third-order valence-electron chi connectivity index (χ3n) is 2.71. The lowest BCUT2D eigenvalue weighted by Crippen LogP contribution is -2.40. The lowest BCUT2D eigenvalue weighted by Gasteiger charge is -2.05. The quantitative estimate of drug-likeness (QED) is 0.624. The molecule has 5 nitrogen and oxygen atoms in total. The average Bonchev–Trinajstić information content (AvgIpc) is 2.40. The number of carbonyl (C=O) groups is 1. The second-order valence-corrected chi connectivity index (χ2v) is 4.51. The van der Waals surface area contributed by atoms with Crippen LogP contribution < -0.4 is 11.1 Å². The molecule has 0 fully saturated rings. The third-order valence-corrected chi connectivity index (χ3v) is 2.97. The molecule has 0 saturated carbocycles. The van der Waals surface area contributed by atoms with Crippen LogP contribution in [-0.2, 0) is 13.6 Å². The smallest absolute Gasteiger partial charge is 0.312 e. The Labute approximate surface area is 113 Å². The summed E-state index contributed by atoms with van der Waals surface area (Å²) in [5.41, 5.74) is -0.935. The van der Waals surface area contributed by atoms with Gasteiger partial charge in [0.2, 0.25) is 0 Å². The number of hydrogen-bond acceptors (Lipinski definition) is 3. The summed E-state index contributed by atoms with van der Waals surface area (Å²) in [6.45, 7) is -0.170. The van der Waals surface area contributed by atoms with E-state index < -0.39 is 11.1 Å². The number of carbonyl (C=O) groups excluding carboxylic acids is 1. The van der Waals surface area contributed by atoms with Crippen LogP contribution in [0, 0.1) is 0 Å². The second-order valence-electron chi connectivity index (χ2n) is 4.08. The van der Waals surface area contributed by atoms with E-state index >= 15 is 0 Å². The SMILES string of the molecule is Cn1ccn(CC(=O)c2ccc(Cl)cc2)c(=O)c1=O. The van der Waals surface area contributed by atoms with Crippen molar-refractivity contribution in [1.82, 2.24) is 9.13 Å². The van der Waals surface area contributed by atoms with Crippen LogP contribution >= 0.6 is 11.6 Å². The maximum absolute atomic E-state index is 12.0. The van der Waals surface area contributed by atoms with Gasteiger partial charge in [0.25, 0.3) is 0 Å². The van der Waals surface area contributed by atoms with E-state index in [0.717, 1.165) is 4.57 Å². The van der Waals surface area contributed by atoms with E-state index in [0.29, 0.717) is 10.6 Å². The number of hydrogen-bond donors (Lipinski definition) is 0. The Morgan fingerprint density at radius 1 is 1.11 bits per heavy atom. The van der Waals surface area contributed by atoms with Crippen LogP contribution in [0.1, 0.15) is 10.4 Å². The van der Waals surface area contributed by atoms with Gasteiger partial charge >= 0.3 is 11.1 Å². The molecule has 0 aliphatic rings. The van der Waals surface area contributed by atoms with Crippen molar-refractivity contribution in [3.63, 3.8) is 0 Å². The molecule has 0 bridgehead atoms. The molecule has 19 heavy (non-hydrogen) atoms. The summed E-state index contributed by atoms with van der Waals surface area (Å²) in [5.74, 6) is -0.257. The highest BCUT2D eigenvalue weighted by molar-refractivity contribution is 6.30. The normalized spacial score (nSPS) is 10.4. The van der Waals surface area contributed by atoms with E-state index in [1.54, 1.807) is 24.3 Å². The standard InChI is InChI=1S/C13H11ClN2O3/c1-15-6-7-16(13(19)12(15)18)8-11(17)9-2-4-10(14)5-3-9/h2-7H,8H2,1H3. The van der Waals surface area contributed by atoms with Gasteiger partial charge in [-0.25, -0.2) is 0 Å². The predicted molar refractivity (Wildman–Crippen MR) is 71.7 cm³/mol. The highest BCUT2D eigenvalue weighted by Crippen LogP contribution is 2.10. The van der Waals surface area contributed by atoms with Crippen LogP contribution in [-0.4, -0.2) is 14.9 Å². The molecule has 0 atom stereocenters. The Balaban J connectivity index is 2.29. The average molecular weight is 279 g/mol. The van der Waals surface area contributed by atoms with Gasteiger partial charge < -0.3 is 9.13 Å². The molecular weight excluding hydrogens is 268 g/mol. The molecule has 0 unspecified atom stereocenters. The number of benzene rings is 1. The zero-order valence-corrected chi connectivity index (χ0v) is 10.9. The molecule has 1 aromatic heterocycles. The summed E-state index contributed by atoms with van der Waals surface area (Å²) in [5, 5.41) is 0.530. The fraction of sp³-hybridized carbons (Fsp3) is 0.154. The first-order valence-electron chi connectivity index (χ1n) is 5.54. The maximum atomic E-state index is 12.0. The Hall–Kier alpha value is -2.14. The molecular formula is C13H11ClN2O3. The Morgan fingerprint density at radius 3 is 2.37 bits per heavy atom. The molecule has 98 valence electrons. The monoisotopic (exact) mass is 278 g/mol. The van der Waals surface area contributed by atoms with Crippen molar-refractivity contribution in [3.8, 4) is 0 Å². The number of aromatic nitrogens is 2. The largest absolute Gasteiger partial charge is 0.316 e. The Kier molecular flexibility index (Phi) is 3.66. The van der Waals surface area contributed by atoms with E-state index in [4.69, 9.17) is 11.6 Å². The maximum Gasteiger partial charge on any atom is 0.316 e. The van der Waals surface area contributed by atoms with Crippen LogP contribution in [0.4, 0.5) is 0 Å². The van der Waals surface area contributed by atoms with Gasteiger partial charge in [-0.05, 0) is 24.3 Å². The molecule has 1 heterocycles. The van der Waals surface area contributed by atoms with Gasteiger partial charge in [0, 0.05) is 30.0 Å². The van der Waals surface area contributed by atoms with Crippen molar-refractivity contribution in [2.24, 2.45) is 7.05 Å². The second kappa shape index (κ2) is 5.24. The van der Waals surface area contributed by atoms with Crippen LogP contribution in [0.3, 0.4) is 0 Å². The summed E-state index contributed by atoms with van der Waals surface area (Å²) in [4.78, 5) is 35.1. The number of ketones is 1. The zero-order valence-electron chi connectivity index (χ0n) is 10.2. The fourth-order valence-corrected chi connectivity index (χ4v) is 1.72. The van der Waals surface area contributed by atoms with Crippen molar-refractivity contribution in [2.75, 3.05) is 0 Å². The van der Waals surface area contributed by atoms with E-state index in [1.165, 1.54) is 24.0 Å². The van der Waals surface area contributed by atoms with E-state index in [1.807, 2.05) is 0 Å². The molecule has 2 rings (SSSR count). The number of halogens is 1. The first-order chi connectivity index (χ1) is 8.99. The molecule has 6 heteroatoms. The minimum absolute atomic E-state index is 0.170. The van der Waals surface area contributed by atoms with Crippen molar-refractivity contribution in [3.05, 3.63) is 68.0 Å². The van der Waals surface area contributed by atoms with E-state index in [9.17, 15) is 14.4 Å². The summed E-state index contributed by atoms with van der Waals surface area (Å²) >= 11 is 5.73. The van der Waals surface area contributed by atoms with Gasteiger partial charge in [-0.3, -0.25) is 14.4 Å². The van der Waals surface area contributed by atoms with Gasteiger partial charge in [-0.2, -0.15) is 0 Å². The molecule has 0 N–H and O–H groups in total. The lowest BCUT2D eigenvalue weighted by atomic mass is 10.1. The van der Waals surface area contributed by atoms with Crippen molar-refractivity contribution < 1.29 is 4.79 Å². The highest BCUT2D eigenvalue weighted by atomic mass is 35.5. The van der Waals surface area contributed by atoms with E-state index in [2.05, 4.69) is 0 Å². The first-order valence-corrected chi connectivity index (χ1v) is 5.91. The van der Waals surface area contributed by atoms with Crippen LogP contribution in [0.25, 0.3) is 0 Å². The van der Waals surface area contributed by atoms with Crippen LogP contribution in [0.2, 0.25) is 5.02 Å². The number of Topliss-reactive ketones (excluding diaryl/α,β-unsaturated/α-hetero) is 1. The number of nitrogens with zero attached hydrogens (tertiary/aromatic N) is 2. The minimum Gasteiger partial charge on any atom is -0.312 e. The number of aryl methyl sites for hydroxylation is 1.